The Labute approximate surface area is 137 Å². The first-order valence-electron chi connectivity index (χ1n) is 7.52. The number of carbonyl (C=O) groups is 1. The van der Waals surface area contributed by atoms with Crippen molar-refractivity contribution in [1.82, 2.24) is 10.2 Å². The van der Waals surface area contributed by atoms with Crippen LogP contribution in [0.5, 0.6) is 0 Å². The van der Waals surface area contributed by atoms with E-state index >= 15 is 0 Å². The van der Waals surface area contributed by atoms with E-state index in [1.807, 2.05) is 18.2 Å². The lowest BCUT2D eigenvalue weighted by molar-refractivity contribution is -0.138. The van der Waals surface area contributed by atoms with Crippen LogP contribution in [0, 0.1) is 5.92 Å². The number of hydrogen-bond donors (Lipinski definition) is 1. The first-order valence-corrected chi connectivity index (χ1v) is 7.90. The molecule has 3 nitrogen and oxygen atoms in total. The molecular weight excluding hydrogens is 307 g/mol. The summed E-state index contributed by atoms with van der Waals surface area (Å²) in [5.41, 5.74) is 1.14. The van der Waals surface area contributed by atoms with Crippen molar-refractivity contribution >= 4 is 29.9 Å². The molecule has 1 unspecified atom stereocenters. The molecule has 1 heterocycles. The van der Waals surface area contributed by atoms with Gasteiger partial charge in [0, 0.05) is 30.6 Å². The molecule has 1 aromatic rings. The third-order valence-corrected chi connectivity index (χ3v) is 4.70. The second-order valence-electron chi connectivity index (χ2n) is 5.79. The molecule has 5 heteroatoms. The number of carbonyl (C=O) groups excluding carboxylic acids is 1. The Hall–Kier alpha value is -0.770. The molecule has 0 spiro atoms. The van der Waals surface area contributed by atoms with E-state index in [0.717, 1.165) is 43.1 Å². The zero-order chi connectivity index (χ0) is 13.9. The third kappa shape index (κ3) is 3.71. The Bertz CT molecular complexity index is 489. The van der Waals surface area contributed by atoms with Crippen molar-refractivity contribution in [3.8, 4) is 0 Å². The predicted molar refractivity (Wildman–Crippen MR) is 88.0 cm³/mol. The van der Waals surface area contributed by atoms with Crippen LogP contribution in [0.1, 0.15) is 37.3 Å². The van der Waals surface area contributed by atoms with Gasteiger partial charge in [0.1, 0.15) is 0 Å². The van der Waals surface area contributed by atoms with Gasteiger partial charge in [-0.1, -0.05) is 36.6 Å². The van der Waals surface area contributed by atoms with Gasteiger partial charge < -0.3 is 10.2 Å². The number of amides is 1. The molecule has 0 bridgehead atoms. The van der Waals surface area contributed by atoms with Crippen molar-refractivity contribution in [2.45, 2.75) is 31.7 Å². The standard InChI is InChI=1S/C16H21ClN2O.ClH/c17-14-7-3-6-13(10-14)15-11-18-8-9-19(15)16(20)12-4-1-2-5-12;/h3,6-7,10,12,15,18H,1-2,4-5,8-9,11H2;1H. The number of hydrogen-bond acceptors (Lipinski definition) is 2. The van der Waals surface area contributed by atoms with Gasteiger partial charge in [0.15, 0.2) is 0 Å². The average molecular weight is 329 g/mol. The number of nitrogens with one attached hydrogen (secondary N) is 1. The molecule has 1 aliphatic heterocycles. The van der Waals surface area contributed by atoms with Crippen molar-refractivity contribution in [1.29, 1.82) is 0 Å². The zero-order valence-electron chi connectivity index (χ0n) is 12.1. The lowest BCUT2D eigenvalue weighted by Crippen LogP contribution is -2.50. The fraction of sp³-hybridized carbons (Fsp3) is 0.562. The summed E-state index contributed by atoms with van der Waals surface area (Å²) >= 11 is 6.09. The van der Waals surface area contributed by atoms with Gasteiger partial charge in [0.25, 0.3) is 0 Å². The number of rotatable bonds is 2. The maximum Gasteiger partial charge on any atom is 0.226 e. The summed E-state index contributed by atoms with van der Waals surface area (Å²) in [7, 11) is 0. The first kappa shape index (κ1) is 16.6. The largest absolute Gasteiger partial charge is 0.333 e. The lowest BCUT2D eigenvalue weighted by Gasteiger charge is -2.38. The van der Waals surface area contributed by atoms with E-state index in [1.165, 1.54) is 12.8 Å². The Balaban J connectivity index is 0.00000161. The van der Waals surface area contributed by atoms with Crippen LogP contribution in [0.2, 0.25) is 5.02 Å². The van der Waals surface area contributed by atoms with Crippen LogP contribution in [0.4, 0.5) is 0 Å². The molecular formula is C16H22Cl2N2O. The molecule has 2 fully saturated rings. The predicted octanol–water partition coefficient (Wildman–Crippen LogP) is 3.42. The van der Waals surface area contributed by atoms with Crippen LogP contribution >= 0.6 is 24.0 Å². The van der Waals surface area contributed by atoms with Crippen LogP contribution in [-0.4, -0.2) is 30.4 Å². The van der Waals surface area contributed by atoms with Crippen LogP contribution in [0.3, 0.4) is 0 Å². The van der Waals surface area contributed by atoms with Gasteiger partial charge in [0.05, 0.1) is 6.04 Å². The Kier molecular flexibility index (Phi) is 5.91. The van der Waals surface area contributed by atoms with E-state index in [2.05, 4.69) is 16.3 Å². The van der Waals surface area contributed by atoms with Gasteiger partial charge in [-0.25, -0.2) is 0 Å². The summed E-state index contributed by atoms with van der Waals surface area (Å²) in [6.07, 6.45) is 4.52. The molecule has 1 amide bonds. The van der Waals surface area contributed by atoms with Crippen molar-refractivity contribution in [2.24, 2.45) is 5.92 Å². The Morgan fingerprint density at radius 1 is 1.29 bits per heavy atom. The number of halogens is 2. The van der Waals surface area contributed by atoms with E-state index < -0.39 is 0 Å². The van der Waals surface area contributed by atoms with E-state index in [0.29, 0.717) is 5.91 Å². The van der Waals surface area contributed by atoms with E-state index in [4.69, 9.17) is 11.6 Å². The normalized spacial score (nSPS) is 22.9. The zero-order valence-corrected chi connectivity index (χ0v) is 13.6. The van der Waals surface area contributed by atoms with Crippen LogP contribution in [0.15, 0.2) is 24.3 Å². The lowest BCUT2D eigenvalue weighted by atomic mass is 9.99. The highest BCUT2D eigenvalue weighted by atomic mass is 35.5. The summed E-state index contributed by atoms with van der Waals surface area (Å²) in [6, 6.07) is 8.01. The fourth-order valence-electron chi connectivity index (χ4n) is 3.39. The minimum Gasteiger partial charge on any atom is -0.333 e. The molecule has 1 saturated carbocycles. The first-order chi connectivity index (χ1) is 9.75. The molecule has 2 aliphatic rings. The van der Waals surface area contributed by atoms with Crippen molar-refractivity contribution in [2.75, 3.05) is 19.6 Å². The second kappa shape index (κ2) is 7.48. The summed E-state index contributed by atoms with van der Waals surface area (Å²) in [6.45, 7) is 2.50. The van der Waals surface area contributed by atoms with Gasteiger partial charge in [-0.05, 0) is 30.5 Å². The molecule has 21 heavy (non-hydrogen) atoms. The molecule has 1 atom stereocenters. The smallest absolute Gasteiger partial charge is 0.226 e. The van der Waals surface area contributed by atoms with Crippen LogP contribution < -0.4 is 5.32 Å². The Morgan fingerprint density at radius 3 is 2.76 bits per heavy atom. The van der Waals surface area contributed by atoms with Crippen molar-refractivity contribution in [3.63, 3.8) is 0 Å². The molecule has 3 rings (SSSR count). The highest BCUT2D eigenvalue weighted by Crippen LogP contribution is 2.31. The highest BCUT2D eigenvalue weighted by molar-refractivity contribution is 6.30. The topological polar surface area (TPSA) is 32.3 Å². The second-order valence-corrected chi connectivity index (χ2v) is 6.22. The highest BCUT2D eigenvalue weighted by Gasteiger charge is 2.33. The van der Waals surface area contributed by atoms with E-state index in [-0.39, 0.29) is 24.4 Å². The van der Waals surface area contributed by atoms with E-state index in [1.54, 1.807) is 0 Å². The molecule has 1 aliphatic carbocycles. The Morgan fingerprint density at radius 2 is 2.05 bits per heavy atom. The summed E-state index contributed by atoms with van der Waals surface area (Å²) in [5, 5.41) is 4.13. The average Bonchev–Trinajstić information content (AvgIpc) is 3.01. The van der Waals surface area contributed by atoms with Crippen LogP contribution in [-0.2, 0) is 4.79 Å². The number of piperazine rings is 1. The van der Waals surface area contributed by atoms with Gasteiger partial charge >= 0.3 is 0 Å². The quantitative estimate of drug-likeness (QED) is 0.902. The maximum absolute atomic E-state index is 12.7. The minimum absolute atomic E-state index is 0. The van der Waals surface area contributed by atoms with Gasteiger partial charge in [-0.3, -0.25) is 4.79 Å². The fourth-order valence-corrected chi connectivity index (χ4v) is 3.59. The minimum atomic E-state index is 0. The van der Waals surface area contributed by atoms with Gasteiger partial charge in [-0.15, -0.1) is 12.4 Å². The summed E-state index contributed by atoms with van der Waals surface area (Å²) in [5.74, 6) is 0.587. The third-order valence-electron chi connectivity index (χ3n) is 4.46. The molecule has 1 N–H and O–H groups in total. The van der Waals surface area contributed by atoms with Gasteiger partial charge in [-0.2, -0.15) is 0 Å². The molecule has 0 radical (unpaired) electrons. The van der Waals surface area contributed by atoms with Crippen molar-refractivity contribution in [3.05, 3.63) is 34.9 Å². The number of benzene rings is 1. The van der Waals surface area contributed by atoms with Crippen molar-refractivity contribution < 1.29 is 4.79 Å². The van der Waals surface area contributed by atoms with E-state index in [9.17, 15) is 4.79 Å². The van der Waals surface area contributed by atoms with Crippen LogP contribution in [0.25, 0.3) is 0 Å². The number of nitrogens with zero attached hydrogens (tertiary/aromatic N) is 1. The summed E-state index contributed by atoms with van der Waals surface area (Å²) in [4.78, 5) is 14.8. The molecule has 0 aromatic heterocycles. The molecule has 1 aromatic carbocycles. The maximum atomic E-state index is 12.7. The summed E-state index contributed by atoms with van der Waals surface area (Å²) < 4.78 is 0. The monoisotopic (exact) mass is 328 g/mol. The molecule has 1 saturated heterocycles. The van der Waals surface area contributed by atoms with Gasteiger partial charge in [0.2, 0.25) is 5.91 Å². The SMILES string of the molecule is Cl.O=C(C1CCCC1)N1CCNCC1c1cccc(Cl)c1. The molecule has 116 valence electrons.